The summed E-state index contributed by atoms with van der Waals surface area (Å²) in [4.78, 5) is 12.1. The summed E-state index contributed by atoms with van der Waals surface area (Å²) in [6.45, 7) is 2.91. The van der Waals surface area contributed by atoms with E-state index in [2.05, 4.69) is 10.6 Å². The molecular formula is C16H30N2O2. The van der Waals surface area contributed by atoms with Gasteiger partial charge in [0.15, 0.2) is 0 Å². The third-order valence-electron chi connectivity index (χ3n) is 5.13. The Morgan fingerprint density at radius 1 is 1.20 bits per heavy atom. The van der Waals surface area contributed by atoms with Crippen molar-refractivity contribution in [3.8, 4) is 0 Å². The smallest absolute Gasteiger partial charge is 0.237 e. The molecule has 0 heterocycles. The molecule has 0 aromatic heterocycles. The van der Waals surface area contributed by atoms with E-state index in [0.717, 1.165) is 32.2 Å². The Hall–Kier alpha value is -0.610. The van der Waals surface area contributed by atoms with E-state index < -0.39 is 0 Å². The van der Waals surface area contributed by atoms with Crippen LogP contribution in [0.25, 0.3) is 0 Å². The molecule has 0 aromatic carbocycles. The largest absolute Gasteiger partial charge is 0.396 e. The van der Waals surface area contributed by atoms with Gasteiger partial charge in [-0.25, -0.2) is 0 Å². The molecule has 2 rings (SSSR count). The maximum atomic E-state index is 12.1. The number of carbonyl (C=O) groups is 1. The summed E-state index contributed by atoms with van der Waals surface area (Å²) in [5.41, 5.74) is 0.000147. The van der Waals surface area contributed by atoms with Crippen LogP contribution < -0.4 is 10.6 Å². The molecule has 4 nitrogen and oxygen atoms in total. The first-order valence-corrected chi connectivity index (χ1v) is 8.30. The van der Waals surface area contributed by atoms with Crippen LogP contribution >= 0.6 is 0 Å². The normalized spacial score (nSPS) is 24.5. The van der Waals surface area contributed by atoms with Gasteiger partial charge < -0.3 is 15.7 Å². The van der Waals surface area contributed by atoms with Crippen molar-refractivity contribution in [2.45, 2.75) is 76.8 Å². The third-order valence-corrected chi connectivity index (χ3v) is 5.13. The number of rotatable bonds is 6. The van der Waals surface area contributed by atoms with Crippen LogP contribution in [0.5, 0.6) is 0 Å². The van der Waals surface area contributed by atoms with Crippen molar-refractivity contribution in [2.75, 3.05) is 13.2 Å². The van der Waals surface area contributed by atoms with Crippen LogP contribution in [0.15, 0.2) is 0 Å². The van der Waals surface area contributed by atoms with E-state index in [4.69, 9.17) is 0 Å². The van der Waals surface area contributed by atoms with Crippen molar-refractivity contribution >= 4 is 5.91 Å². The number of amides is 1. The highest BCUT2D eigenvalue weighted by atomic mass is 16.3. The van der Waals surface area contributed by atoms with Gasteiger partial charge in [0.25, 0.3) is 0 Å². The summed E-state index contributed by atoms with van der Waals surface area (Å²) in [5.74, 6) is 0.112. The van der Waals surface area contributed by atoms with Crippen LogP contribution in [-0.2, 0) is 4.79 Å². The molecule has 116 valence electrons. The molecule has 2 saturated carbocycles. The minimum Gasteiger partial charge on any atom is -0.396 e. The second kappa shape index (κ2) is 7.41. The molecule has 1 atom stereocenters. The Labute approximate surface area is 122 Å². The van der Waals surface area contributed by atoms with Crippen molar-refractivity contribution in [1.29, 1.82) is 0 Å². The standard InChI is InChI=1S/C16H30N2O2/c1-13(15(20)18-14-7-3-4-8-14)17-11-16(12-19)9-5-2-6-10-16/h13-14,17,19H,2-12H2,1H3,(H,18,20). The van der Waals surface area contributed by atoms with Crippen LogP contribution in [0, 0.1) is 5.41 Å². The lowest BCUT2D eigenvalue weighted by atomic mass is 9.74. The number of aliphatic hydroxyl groups excluding tert-OH is 1. The molecule has 3 N–H and O–H groups in total. The Morgan fingerprint density at radius 3 is 2.45 bits per heavy atom. The number of hydrogen-bond acceptors (Lipinski definition) is 3. The van der Waals surface area contributed by atoms with Gasteiger partial charge in [0, 0.05) is 24.6 Å². The summed E-state index contributed by atoms with van der Waals surface area (Å²) in [5, 5.41) is 16.2. The predicted molar refractivity (Wildman–Crippen MR) is 80.5 cm³/mol. The van der Waals surface area contributed by atoms with E-state index in [0.29, 0.717) is 6.04 Å². The van der Waals surface area contributed by atoms with Gasteiger partial charge in [-0.05, 0) is 32.6 Å². The molecule has 0 radical (unpaired) electrons. The molecule has 0 aromatic rings. The van der Waals surface area contributed by atoms with Crippen molar-refractivity contribution < 1.29 is 9.90 Å². The molecular weight excluding hydrogens is 252 g/mol. The molecule has 4 heteroatoms. The summed E-state index contributed by atoms with van der Waals surface area (Å²) >= 11 is 0. The molecule has 2 aliphatic carbocycles. The molecule has 0 bridgehead atoms. The first-order valence-electron chi connectivity index (χ1n) is 8.30. The fourth-order valence-electron chi connectivity index (χ4n) is 3.55. The second-order valence-electron chi connectivity index (χ2n) is 6.81. The van der Waals surface area contributed by atoms with Gasteiger partial charge in [-0.1, -0.05) is 32.1 Å². The highest BCUT2D eigenvalue weighted by Crippen LogP contribution is 2.35. The minimum absolute atomic E-state index is 0.000147. The predicted octanol–water partition coefficient (Wildman–Crippen LogP) is 1.97. The zero-order chi connectivity index (χ0) is 14.4. The molecule has 0 saturated heterocycles. The van der Waals surface area contributed by atoms with Gasteiger partial charge in [0.1, 0.15) is 0 Å². The van der Waals surface area contributed by atoms with Crippen LogP contribution in [0.3, 0.4) is 0 Å². The Morgan fingerprint density at radius 2 is 1.85 bits per heavy atom. The number of aliphatic hydroxyl groups is 1. The zero-order valence-corrected chi connectivity index (χ0v) is 12.8. The van der Waals surface area contributed by atoms with Gasteiger partial charge in [-0.15, -0.1) is 0 Å². The van der Waals surface area contributed by atoms with Crippen LogP contribution in [0.1, 0.15) is 64.7 Å². The molecule has 1 amide bonds. The lowest BCUT2D eigenvalue weighted by Crippen LogP contribution is -2.49. The lowest BCUT2D eigenvalue weighted by molar-refractivity contribution is -0.123. The van der Waals surface area contributed by atoms with Crippen molar-refractivity contribution in [3.05, 3.63) is 0 Å². The molecule has 1 unspecified atom stereocenters. The first-order chi connectivity index (χ1) is 9.65. The van der Waals surface area contributed by atoms with Crippen molar-refractivity contribution in [3.63, 3.8) is 0 Å². The highest BCUT2D eigenvalue weighted by Gasteiger charge is 2.32. The number of carbonyl (C=O) groups excluding carboxylic acids is 1. The van der Waals surface area contributed by atoms with E-state index in [9.17, 15) is 9.90 Å². The molecule has 0 aliphatic heterocycles. The van der Waals surface area contributed by atoms with Gasteiger partial charge >= 0.3 is 0 Å². The van der Waals surface area contributed by atoms with E-state index in [1.54, 1.807) is 0 Å². The monoisotopic (exact) mass is 282 g/mol. The molecule has 0 spiro atoms. The zero-order valence-electron chi connectivity index (χ0n) is 12.8. The summed E-state index contributed by atoms with van der Waals surface area (Å²) < 4.78 is 0. The van der Waals surface area contributed by atoms with E-state index in [-0.39, 0.29) is 24.0 Å². The number of nitrogens with one attached hydrogen (secondary N) is 2. The maximum absolute atomic E-state index is 12.1. The Balaban J connectivity index is 1.75. The average Bonchev–Trinajstić information content (AvgIpc) is 2.98. The summed E-state index contributed by atoms with van der Waals surface area (Å²) in [7, 11) is 0. The molecule has 20 heavy (non-hydrogen) atoms. The van der Waals surface area contributed by atoms with Crippen molar-refractivity contribution in [1.82, 2.24) is 10.6 Å². The summed E-state index contributed by atoms with van der Waals surface area (Å²) in [6, 6.07) is 0.217. The van der Waals surface area contributed by atoms with Gasteiger partial charge in [-0.2, -0.15) is 0 Å². The Kier molecular flexibility index (Phi) is 5.85. The van der Waals surface area contributed by atoms with E-state index in [1.807, 2.05) is 6.92 Å². The topological polar surface area (TPSA) is 61.4 Å². The van der Waals surface area contributed by atoms with Crippen LogP contribution in [0.4, 0.5) is 0 Å². The quantitative estimate of drug-likeness (QED) is 0.698. The van der Waals surface area contributed by atoms with Gasteiger partial charge in [0.05, 0.1) is 6.04 Å². The fraction of sp³-hybridized carbons (Fsp3) is 0.938. The minimum atomic E-state index is -0.166. The van der Waals surface area contributed by atoms with Crippen LogP contribution in [0.2, 0.25) is 0 Å². The highest BCUT2D eigenvalue weighted by molar-refractivity contribution is 5.81. The fourth-order valence-corrected chi connectivity index (χ4v) is 3.55. The maximum Gasteiger partial charge on any atom is 0.237 e. The van der Waals surface area contributed by atoms with E-state index >= 15 is 0 Å². The molecule has 2 fully saturated rings. The third kappa shape index (κ3) is 4.19. The lowest BCUT2D eigenvalue weighted by Gasteiger charge is -2.36. The second-order valence-corrected chi connectivity index (χ2v) is 6.81. The van der Waals surface area contributed by atoms with Crippen LogP contribution in [-0.4, -0.2) is 36.2 Å². The van der Waals surface area contributed by atoms with Gasteiger partial charge in [-0.3, -0.25) is 4.79 Å². The average molecular weight is 282 g/mol. The molecule has 2 aliphatic rings. The Bertz CT molecular complexity index is 308. The summed E-state index contributed by atoms with van der Waals surface area (Å²) in [6.07, 6.45) is 10.6. The van der Waals surface area contributed by atoms with Gasteiger partial charge in [0.2, 0.25) is 5.91 Å². The first kappa shape index (κ1) is 15.8. The van der Waals surface area contributed by atoms with E-state index in [1.165, 1.54) is 32.1 Å². The SMILES string of the molecule is CC(NCC1(CO)CCCCC1)C(=O)NC1CCCC1. The van der Waals surface area contributed by atoms with Crippen molar-refractivity contribution in [2.24, 2.45) is 5.41 Å². The number of hydrogen-bond donors (Lipinski definition) is 3.